The molecule has 0 aromatic heterocycles. The predicted molar refractivity (Wildman–Crippen MR) is 115 cm³/mol. The van der Waals surface area contributed by atoms with Gasteiger partial charge in [-0.05, 0) is 55.2 Å². The molecule has 0 bridgehead atoms. The zero-order chi connectivity index (χ0) is 21.6. The van der Waals surface area contributed by atoms with Crippen LogP contribution in [0.2, 0.25) is 0 Å². The number of ether oxygens (including phenoxy) is 1. The molecule has 0 atom stereocenters. The Kier molecular flexibility index (Phi) is 5.15. The number of carbonyl (C=O) groups is 1. The summed E-state index contributed by atoms with van der Waals surface area (Å²) < 4.78 is 34.4. The molecule has 1 N–H and O–H groups in total. The fourth-order valence-electron chi connectivity index (χ4n) is 3.29. The molecule has 0 unspecified atom stereocenters. The van der Waals surface area contributed by atoms with E-state index in [0.717, 1.165) is 5.56 Å². The van der Waals surface area contributed by atoms with Crippen LogP contribution in [0.1, 0.15) is 47.1 Å². The first-order valence-corrected chi connectivity index (χ1v) is 11.0. The van der Waals surface area contributed by atoms with Crippen LogP contribution < -0.4 is 14.4 Å². The van der Waals surface area contributed by atoms with Crippen molar-refractivity contribution in [1.29, 1.82) is 0 Å². The summed E-state index contributed by atoms with van der Waals surface area (Å²) in [6.45, 7) is 11.9. The minimum absolute atomic E-state index is 0.0141. The first kappa shape index (κ1) is 21.2. The number of sulfonamides is 1. The van der Waals surface area contributed by atoms with E-state index in [2.05, 4.69) is 25.5 Å². The van der Waals surface area contributed by atoms with E-state index in [1.807, 2.05) is 26.0 Å². The van der Waals surface area contributed by atoms with Crippen LogP contribution in [0.15, 0.2) is 47.4 Å². The molecule has 0 saturated heterocycles. The van der Waals surface area contributed by atoms with E-state index >= 15 is 0 Å². The topological polar surface area (TPSA) is 75.7 Å². The molecule has 29 heavy (non-hydrogen) atoms. The standard InChI is InChI=1S/C22H28N2O4S/c1-15(25)24-14-22(5,6)28-20-12-11-18(13-19(20)24)29(26,27)23-17-9-7-16(8-10-17)21(2,3)4/h7-13,23H,14H2,1-6H3. The molecular weight excluding hydrogens is 388 g/mol. The summed E-state index contributed by atoms with van der Waals surface area (Å²) >= 11 is 0. The monoisotopic (exact) mass is 416 g/mol. The van der Waals surface area contributed by atoms with Gasteiger partial charge in [0.05, 0.1) is 17.1 Å². The molecule has 156 valence electrons. The molecule has 3 rings (SSSR count). The summed E-state index contributed by atoms with van der Waals surface area (Å²) in [5, 5.41) is 0. The van der Waals surface area contributed by atoms with Gasteiger partial charge in [0.1, 0.15) is 11.4 Å². The van der Waals surface area contributed by atoms with Crippen LogP contribution in [-0.4, -0.2) is 26.5 Å². The summed E-state index contributed by atoms with van der Waals surface area (Å²) in [5.41, 5.74) is 1.50. The number of hydrogen-bond donors (Lipinski definition) is 1. The van der Waals surface area contributed by atoms with E-state index in [4.69, 9.17) is 4.74 Å². The zero-order valence-electron chi connectivity index (χ0n) is 17.7. The van der Waals surface area contributed by atoms with Crippen molar-refractivity contribution in [1.82, 2.24) is 0 Å². The maximum atomic E-state index is 12.9. The molecule has 1 aliphatic rings. The highest BCUT2D eigenvalue weighted by Crippen LogP contribution is 2.38. The number of nitrogens with zero attached hydrogens (tertiary/aromatic N) is 1. The molecule has 0 radical (unpaired) electrons. The number of anilines is 2. The van der Waals surface area contributed by atoms with E-state index in [9.17, 15) is 13.2 Å². The molecule has 1 aliphatic heterocycles. The zero-order valence-corrected chi connectivity index (χ0v) is 18.6. The highest BCUT2D eigenvalue weighted by atomic mass is 32.2. The lowest BCUT2D eigenvalue weighted by Crippen LogP contribution is -2.48. The third-order valence-corrected chi connectivity index (χ3v) is 6.22. The van der Waals surface area contributed by atoms with E-state index in [-0.39, 0.29) is 16.2 Å². The van der Waals surface area contributed by atoms with Crippen LogP contribution in [0.3, 0.4) is 0 Å². The molecule has 2 aromatic rings. The van der Waals surface area contributed by atoms with Gasteiger partial charge in [-0.2, -0.15) is 0 Å². The quantitative estimate of drug-likeness (QED) is 0.809. The van der Waals surface area contributed by atoms with Gasteiger partial charge in [-0.25, -0.2) is 8.42 Å². The molecule has 1 heterocycles. The van der Waals surface area contributed by atoms with E-state index in [1.54, 1.807) is 23.1 Å². The van der Waals surface area contributed by atoms with Gasteiger partial charge in [0.15, 0.2) is 0 Å². The average molecular weight is 417 g/mol. The number of amides is 1. The van der Waals surface area contributed by atoms with Gasteiger partial charge in [0, 0.05) is 12.6 Å². The average Bonchev–Trinajstić information content (AvgIpc) is 2.59. The van der Waals surface area contributed by atoms with E-state index in [0.29, 0.717) is 23.7 Å². The minimum Gasteiger partial charge on any atom is -0.484 e. The van der Waals surface area contributed by atoms with Crippen molar-refractivity contribution in [3.05, 3.63) is 48.0 Å². The molecule has 0 aliphatic carbocycles. The van der Waals surface area contributed by atoms with Gasteiger partial charge >= 0.3 is 0 Å². The van der Waals surface area contributed by atoms with Crippen LogP contribution in [-0.2, 0) is 20.2 Å². The van der Waals surface area contributed by atoms with Crippen molar-refractivity contribution in [2.24, 2.45) is 0 Å². The Balaban J connectivity index is 1.92. The number of carbonyl (C=O) groups excluding carboxylic acids is 1. The highest BCUT2D eigenvalue weighted by Gasteiger charge is 2.34. The van der Waals surface area contributed by atoms with Crippen molar-refractivity contribution < 1.29 is 17.9 Å². The van der Waals surface area contributed by atoms with Gasteiger partial charge in [0.25, 0.3) is 10.0 Å². The summed E-state index contributed by atoms with van der Waals surface area (Å²) in [5.74, 6) is 0.327. The van der Waals surface area contributed by atoms with Gasteiger partial charge in [-0.3, -0.25) is 9.52 Å². The van der Waals surface area contributed by atoms with Gasteiger partial charge < -0.3 is 9.64 Å². The number of hydrogen-bond acceptors (Lipinski definition) is 4. The number of rotatable bonds is 3. The minimum atomic E-state index is -3.82. The lowest BCUT2D eigenvalue weighted by atomic mass is 9.87. The molecule has 0 fully saturated rings. The Morgan fingerprint density at radius 3 is 2.28 bits per heavy atom. The first-order chi connectivity index (χ1) is 13.3. The Bertz CT molecular complexity index is 1040. The second-order valence-electron chi connectivity index (χ2n) is 9.03. The number of fused-ring (bicyclic) bond motifs is 1. The van der Waals surface area contributed by atoms with Gasteiger partial charge in [-0.1, -0.05) is 32.9 Å². The van der Waals surface area contributed by atoms with Crippen LogP contribution in [0, 0.1) is 0 Å². The van der Waals surface area contributed by atoms with Crippen LogP contribution in [0.5, 0.6) is 5.75 Å². The first-order valence-electron chi connectivity index (χ1n) is 9.53. The lowest BCUT2D eigenvalue weighted by molar-refractivity contribution is -0.117. The Labute approximate surface area is 172 Å². The normalized spacial score (nSPS) is 16.0. The summed E-state index contributed by atoms with van der Waals surface area (Å²) in [7, 11) is -3.82. The second kappa shape index (κ2) is 7.06. The van der Waals surface area contributed by atoms with Crippen molar-refractivity contribution in [3.63, 3.8) is 0 Å². The number of benzene rings is 2. The Hall–Kier alpha value is -2.54. The van der Waals surface area contributed by atoms with Crippen LogP contribution >= 0.6 is 0 Å². The molecular formula is C22H28N2O4S. The SMILES string of the molecule is CC(=O)N1CC(C)(C)Oc2ccc(S(=O)(=O)Nc3ccc(C(C)(C)C)cc3)cc21. The molecule has 0 saturated carbocycles. The fourth-order valence-corrected chi connectivity index (χ4v) is 4.37. The second-order valence-corrected chi connectivity index (χ2v) is 10.7. The van der Waals surface area contributed by atoms with Crippen LogP contribution in [0.25, 0.3) is 0 Å². The molecule has 1 amide bonds. The van der Waals surface area contributed by atoms with Crippen molar-refractivity contribution in [3.8, 4) is 5.75 Å². The van der Waals surface area contributed by atoms with Crippen molar-refractivity contribution in [2.75, 3.05) is 16.2 Å². The smallest absolute Gasteiger partial charge is 0.261 e. The Morgan fingerprint density at radius 2 is 1.72 bits per heavy atom. The maximum absolute atomic E-state index is 12.9. The summed E-state index contributed by atoms with van der Waals surface area (Å²) in [6, 6.07) is 11.9. The third kappa shape index (κ3) is 4.56. The predicted octanol–water partition coefficient (Wildman–Crippen LogP) is 4.31. The van der Waals surface area contributed by atoms with Gasteiger partial charge in [0.2, 0.25) is 5.91 Å². The fraction of sp³-hybridized carbons (Fsp3) is 0.409. The molecule has 0 spiro atoms. The lowest BCUT2D eigenvalue weighted by Gasteiger charge is -2.39. The maximum Gasteiger partial charge on any atom is 0.261 e. The number of nitrogens with one attached hydrogen (secondary N) is 1. The highest BCUT2D eigenvalue weighted by molar-refractivity contribution is 7.92. The summed E-state index contributed by atoms with van der Waals surface area (Å²) in [4.78, 5) is 13.7. The van der Waals surface area contributed by atoms with Gasteiger partial charge in [-0.15, -0.1) is 0 Å². The van der Waals surface area contributed by atoms with Crippen LogP contribution in [0.4, 0.5) is 11.4 Å². The molecule has 2 aromatic carbocycles. The van der Waals surface area contributed by atoms with Crippen molar-refractivity contribution in [2.45, 2.75) is 57.5 Å². The largest absolute Gasteiger partial charge is 0.484 e. The third-order valence-electron chi connectivity index (χ3n) is 4.84. The van der Waals surface area contributed by atoms with E-state index < -0.39 is 15.6 Å². The van der Waals surface area contributed by atoms with Crippen molar-refractivity contribution >= 4 is 27.3 Å². The molecule has 6 nitrogen and oxygen atoms in total. The summed E-state index contributed by atoms with van der Waals surface area (Å²) in [6.07, 6.45) is 0. The molecule has 7 heteroatoms. The Morgan fingerprint density at radius 1 is 1.10 bits per heavy atom. The van der Waals surface area contributed by atoms with E-state index in [1.165, 1.54) is 19.1 Å².